The van der Waals surface area contributed by atoms with Crippen molar-refractivity contribution in [2.24, 2.45) is 0 Å². The van der Waals surface area contributed by atoms with Crippen LogP contribution in [0, 0.1) is 0 Å². The quantitative estimate of drug-likeness (QED) is 0.350. The molecule has 0 spiro atoms. The van der Waals surface area contributed by atoms with Gasteiger partial charge < -0.3 is 14.3 Å². The minimum atomic E-state index is 0. The Morgan fingerprint density at radius 2 is 1.83 bits per heavy atom. The van der Waals surface area contributed by atoms with Gasteiger partial charge in [-0.1, -0.05) is 13.3 Å². The molecule has 12 heavy (non-hydrogen) atoms. The van der Waals surface area contributed by atoms with E-state index in [1.54, 1.807) is 0 Å². The van der Waals surface area contributed by atoms with E-state index in [4.69, 9.17) is 9.47 Å². The van der Waals surface area contributed by atoms with Crippen molar-refractivity contribution in [1.29, 1.82) is 0 Å². The normalized spacial score (nSPS) is 9.08. The predicted molar refractivity (Wildman–Crippen MR) is 42.6 cm³/mol. The first-order chi connectivity index (χ1) is 5.41. The van der Waals surface area contributed by atoms with E-state index in [1.165, 1.54) is 0 Å². The summed E-state index contributed by atoms with van der Waals surface area (Å²) in [5, 5.41) is 0. The van der Waals surface area contributed by atoms with Crippen LogP contribution >= 0.6 is 0 Å². The summed E-state index contributed by atoms with van der Waals surface area (Å²) in [6.07, 6.45) is 2.98. The van der Waals surface area contributed by atoms with Crippen LogP contribution in [-0.2, 0) is 31.3 Å². The number of unbranched alkanes of at least 4 members (excludes halogenated alkanes) is 1. The van der Waals surface area contributed by atoms with E-state index in [0.717, 1.165) is 25.7 Å². The summed E-state index contributed by atoms with van der Waals surface area (Å²) in [5.41, 5.74) is 0. The second-order valence-corrected chi connectivity index (χ2v) is 2.21. The van der Waals surface area contributed by atoms with Crippen molar-refractivity contribution in [3.05, 3.63) is 0 Å². The third-order valence-electron chi connectivity index (χ3n) is 1.20. The number of hydrogen-bond donors (Lipinski definition) is 0. The smallest absolute Gasteiger partial charge is 0.145 e. The number of aldehydes is 1. The molecule has 0 aromatic heterocycles. The first-order valence-electron chi connectivity index (χ1n) is 4.01. The number of carbonyl (C=O) groups excluding carboxylic acids is 1. The first-order valence-corrected chi connectivity index (χ1v) is 4.01. The molecule has 1 radical (unpaired) electrons. The van der Waals surface area contributed by atoms with Crippen LogP contribution in [0.1, 0.15) is 19.8 Å². The van der Waals surface area contributed by atoms with E-state index < -0.39 is 0 Å². The molecule has 0 N–H and O–H groups in total. The minimum absolute atomic E-state index is 0. The van der Waals surface area contributed by atoms with Crippen molar-refractivity contribution in [3.8, 4) is 0 Å². The standard InChI is InChI=1S/C8H16O3.Cu/c1-2-3-5-10-7-8-11-6-4-9;/h4H,2-3,5-8H2,1H3;. The zero-order valence-corrected chi connectivity index (χ0v) is 8.29. The van der Waals surface area contributed by atoms with Gasteiger partial charge in [-0.05, 0) is 6.42 Å². The summed E-state index contributed by atoms with van der Waals surface area (Å²) in [5.74, 6) is 0. The third-order valence-corrected chi connectivity index (χ3v) is 1.20. The maximum atomic E-state index is 9.77. The van der Waals surface area contributed by atoms with Crippen LogP contribution < -0.4 is 0 Å². The van der Waals surface area contributed by atoms with Crippen LogP contribution in [0.4, 0.5) is 0 Å². The number of carbonyl (C=O) groups is 1. The molecule has 0 saturated carbocycles. The summed E-state index contributed by atoms with van der Waals surface area (Å²) >= 11 is 0. The molecule has 0 rings (SSSR count). The Kier molecular flexibility index (Phi) is 16.7. The summed E-state index contributed by atoms with van der Waals surface area (Å²) in [7, 11) is 0. The number of ether oxygens (including phenoxy) is 2. The fourth-order valence-electron chi connectivity index (χ4n) is 0.598. The van der Waals surface area contributed by atoms with Crippen LogP contribution in [0.15, 0.2) is 0 Å². The summed E-state index contributed by atoms with van der Waals surface area (Å²) < 4.78 is 10.0. The van der Waals surface area contributed by atoms with Crippen LogP contribution in [0.25, 0.3) is 0 Å². The number of hydrogen-bond acceptors (Lipinski definition) is 3. The van der Waals surface area contributed by atoms with Crippen molar-refractivity contribution in [2.45, 2.75) is 19.8 Å². The Morgan fingerprint density at radius 3 is 2.42 bits per heavy atom. The van der Waals surface area contributed by atoms with E-state index >= 15 is 0 Å². The zero-order valence-electron chi connectivity index (χ0n) is 7.35. The van der Waals surface area contributed by atoms with Gasteiger partial charge in [0.2, 0.25) is 0 Å². The Morgan fingerprint density at radius 1 is 1.17 bits per heavy atom. The van der Waals surface area contributed by atoms with Gasteiger partial charge in [-0.15, -0.1) is 0 Å². The average Bonchev–Trinajstić information content (AvgIpc) is 2.03. The predicted octanol–water partition coefficient (Wildman–Crippen LogP) is 1.02. The molecule has 0 aliphatic heterocycles. The van der Waals surface area contributed by atoms with Gasteiger partial charge in [0.1, 0.15) is 12.9 Å². The molecule has 0 aliphatic carbocycles. The van der Waals surface area contributed by atoms with E-state index in [0.29, 0.717) is 13.2 Å². The third kappa shape index (κ3) is 12.8. The molecule has 0 amide bonds. The van der Waals surface area contributed by atoms with Gasteiger partial charge in [-0.2, -0.15) is 0 Å². The Balaban J connectivity index is 0. The molecule has 0 fully saturated rings. The van der Waals surface area contributed by atoms with E-state index in [9.17, 15) is 4.79 Å². The molecule has 0 saturated heterocycles. The second-order valence-electron chi connectivity index (χ2n) is 2.21. The Bertz CT molecular complexity index is 88.4. The van der Waals surface area contributed by atoms with Crippen molar-refractivity contribution >= 4 is 6.29 Å². The molecule has 0 heterocycles. The van der Waals surface area contributed by atoms with Crippen molar-refractivity contribution < 1.29 is 31.3 Å². The molecular weight excluding hydrogens is 208 g/mol. The maximum Gasteiger partial charge on any atom is 0.145 e. The molecule has 0 aromatic carbocycles. The fourth-order valence-corrected chi connectivity index (χ4v) is 0.598. The van der Waals surface area contributed by atoms with E-state index in [2.05, 4.69) is 6.92 Å². The molecule has 4 heteroatoms. The van der Waals surface area contributed by atoms with Crippen molar-refractivity contribution in [2.75, 3.05) is 26.4 Å². The second kappa shape index (κ2) is 13.7. The van der Waals surface area contributed by atoms with Crippen LogP contribution in [0.3, 0.4) is 0 Å². The van der Waals surface area contributed by atoms with Gasteiger partial charge >= 0.3 is 0 Å². The molecule has 0 bridgehead atoms. The summed E-state index contributed by atoms with van der Waals surface area (Å²) in [6, 6.07) is 0. The molecule has 0 unspecified atom stereocenters. The van der Waals surface area contributed by atoms with Crippen LogP contribution in [0.5, 0.6) is 0 Å². The Hall–Kier alpha value is 0.109. The van der Waals surface area contributed by atoms with Crippen LogP contribution in [-0.4, -0.2) is 32.7 Å². The number of rotatable bonds is 8. The molecule has 0 aromatic rings. The SMILES string of the molecule is CCCCOCCOCC=O.[Cu]. The van der Waals surface area contributed by atoms with Crippen LogP contribution in [0.2, 0.25) is 0 Å². The van der Waals surface area contributed by atoms with Gasteiger partial charge in [-0.3, -0.25) is 0 Å². The average molecular weight is 224 g/mol. The molecule has 0 atom stereocenters. The van der Waals surface area contributed by atoms with Gasteiger partial charge in [0, 0.05) is 23.7 Å². The van der Waals surface area contributed by atoms with Gasteiger partial charge in [0.25, 0.3) is 0 Å². The van der Waals surface area contributed by atoms with Crippen molar-refractivity contribution in [3.63, 3.8) is 0 Å². The molecular formula is C8H16CuO3. The maximum absolute atomic E-state index is 9.77. The molecule has 3 nitrogen and oxygen atoms in total. The monoisotopic (exact) mass is 223 g/mol. The van der Waals surface area contributed by atoms with E-state index in [-0.39, 0.29) is 23.7 Å². The minimum Gasteiger partial charge on any atom is -0.379 e. The molecule has 77 valence electrons. The van der Waals surface area contributed by atoms with Gasteiger partial charge in [-0.25, -0.2) is 0 Å². The molecule has 0 aliphatic rings. The van der Waals surface area contributed by atoms with Gasteiger partial charge in [0.15, 0.2) is 0 Å². The largest absolute Gasteiger partial charge is 0.379 e. The summed E-state index contributed by atoms with van der Waals surface area (Å²) in [6.45, 7) is 4.20. The fraction of sp³-hybridized carbons (Fsp3) is 0.875. The summed E-state index contributed by atoms with van der Waals surface area (Å²) in [4.78, 5) is 9.77. The van der Waals surface area contributed by atoms with E-state index in [1.807, 2.05) is 0 Å². The Labute approximate surface area is 84.3 Å². The van der Waals surface area contributed by atoms with Crippen molar-refractivity contribution in [1.82, 2.24) is 0 Å². The van der Waals surface area contributed by atoms with Gasteiger partial charge in [0.05, 0.1) is 13.2 Å². The zero-order chi connectivity index (χ0) is 8.36. The first kappa shape index (κ1) is 14.6. The topological polar surface area (TPSA) is 35.5 Å².